The van der Waals surface area contributed by atoms with E-state index in [9.17, 15) is 4.79 Å². The van der Waals surface area contributed by atoms with Crippen molar-refractivity contribution in [2.24, 2.45) is 0 Å². The summed E-state index contributed by atoms with van der Waals surface area (Å²) in [6.45, 7) is 7.87. The van der Waals surface area contributed by atoms with Crippen LogP contribution in [0.1, 0.15) is 49.9 Å². The smallest absolute Gasteiger partial charge is 0.278 e. The van der Waals surface area contributed by atoms with Gasteiger partial charge in [0.2, 0.25) is 0 Å². The Kier molecular flexibility index (Phi) is 6.72. The average Bonchev–Trinajstić information content (AvgIpc) is 3.27. The molecule has 1 fully saturated rings. The van der Waals surface area contributed by atoms with E-state index in [1.165, 1.54) is 6.42 Å². The number of H-pyrrole nitrogens is 1. The first-order valence-electron chi connectivity index (χ1n) is 12.7. The number of fused-ring (bicyclic) bond motifs is 1. The fourth-order valence-corrected chi connectivity index (χ4v) is 5.01. The van der Waals surface area contributed by atoms with Crippen LogP contribution in [0.15, 0.2) is 53.3 Å². The third-order valence-electron chi connectivity index (χ3n) is 6.76. The van der Waals surface area contributed by atoms with Crippen LogP contribution in [0.4, 0.5) is 5.69 Å². The molecule has 1 aliphatic heterocycles. The quantitative estimate of drug-likeness (QED) is 0.380. The first-order valence-corrected chi connectivity index (χ1v) is 12.7. The lowest BCUT2D eigenvalue weighted by molar-refractivity contribution is 0.230. The molecule has 7 nitrogen and oxygen atoms in total. The number of piperidine rings is 1. The van der Waals surface area contributed by atoms with Crippen molar-refractivity contribution in [3.8, 4) is 22.8 Å². The highest BCUT2D eigenvalue weighted by Gasteiger charge is 2.25. The number of methoxy groups -OCH3 is 1. The van der Waals surface area contributed by atoms with Crippen molar-refractivity contribution in [2.75, 3.05) is 25.1 Å². The molecule has 0 radical (unpaired) electrons. The Morgan fingerprint density at radius 3 is 2.47 bits per heavy atom. The van der Waals surface area contributed by atoms with E-state index in [1.54, 1.807) is 11.6 Å². The van der Waals surface area contributed by atoms with Gasteiger partial charge in [-0.05, 0) is 57.7 Å². The number of aryl methyl sites for hydroxylation is 1. The molecule has 1 N–H and O–H groups in total. The van der Waals surface area contributed by atoms with E-state index in [1.807, 2.05) is 57.2 Å². The van der Waals surface area contributed by atoms with Crippen LogP contribution >= 0.6 is 0 Å². The molecule has 0 spiro atoms. The second kappa shape index (κ2) is 10.1. The summed E-state index contributed by atoms with van der Waals surface area (Å²) < 4.78 is 13.0. The van der Waals surface area contributed by atoms with Crippen molar-refractivity contribution in [3.63, 3.8) is 0 Å². The van der Waals surface area contributed by atoms with Gasteiger partial charge in [0.05, 0.1) is 13.2 Å². The Hall–Kier alpha value is -3.74. The molecule has 0 atom stereocenters. The summed E-state index contributed by atoms with van der Waals surface area (Å²) in [6, 6.07) is 16.0. The number of hydrogen-bond donors (Lipinski definition) is 1. The van der Waals surface area contributed by atoms with Crippen LogP contribution in [0.25, 0.3) is 16.9 Å². The van der Waals surface area contributed by atoms with Crippen molar-refractivity contribution in [1.82, 2.24) is 14.6 Å². The highest BCUT2D eigenvalue weighted by atomic mass is 16.5. The van der Waals surface area contributed by atoms with Gasteiger partial charge < -0.3 is 19.4 Å². The van der Waals surface area contributed by atoms with E-state index < -0.39 is 0 Å². The van der Waals surface area contributed by atoms with Crippen LogP contribution in [0.3, 0.4) is 0 Å². The van der Waals surface area contributed by atoms with Gasteiger partial charge in [0, 0.05) is 36.3 Å². The maximum absolute atomic E-state index is 13.8. The summed E-state index contributed by atoms with van der Waals surface area (Å²) in [5, 5.41) is 4.87. The van der Waals surface area contributed by atoms with Gasteiger partial charge in [-0.3, -0.25) is 4.79 Å². The normalized spacial score (nSPS) is 14.0. The average molecular weight is 487 g/mol. The highest BCUT2D eigenvalue weighted by Crippen LogP contribution is 2.35. The molecule has 7 heteroatoms. The first-order chi connectivity index (χ1) is 17.5. The molecule has 4 aromatic rings. The number of ether oxygens (including phenoxy) is 2. The monoisotopic (exact) mass is 486 g/mol. The molecule has 2 aromatic carbocycles. The van der Waals surface area contributed by atoms with Crippen molar-refractivity contribution in [2.45, 2.75) is 52.6 Å². The number of aromatic nitrogens is 3. The maximum atomic E-state index is 13.8. The Bertz CT molecular complexity index is 1420. The Balaban J connectivity index is 1.62. The summed E-state index contributed by atoms with van der Waals surface area (Å²) in [7, 11) is 1.63. The van der Waals surface area contributed by atoms with Crippen LogP contribution in [-0.4, -0.2) is 40.9 Å². The summed E-state index contributed by atoms with van der Waals surface area (Å²) in [5.74, 6) is 1.36. The predicted molar refractivity (Wildman–Crippen MR) is 144 cm³/mol. The second-order valence-corrected chi connectivity index (χ2v) is 9.73. The summed E-state index contributed by atoms with van der Waals surface area (Å²) in [5.41, 5.74) is 6.07. The first kappa shape index (κ1) is 24.0. The minimum Gasteiger partial charge on any atom is -0.493 e. The molecule has 5 rings (SSSR count). The van der Waals surface area contributed by atoms with E-state index in [-0.39, 0.29) is 11.7 Å². The standard InChI is InChI=1S/C29H34N4O3/c1-19(2)36-25-18-21(13-14-24(25)35-4)17-23-20(3)30-28-27(32-15-9-6-10-16-32)26(31-33(28)29(23)34)22-11-7-5-8-12-22/h5,7-8,11-14,18-19,30H,6,9-10,15-17H2,1-4H3. The number of rotatable bonds is 7. The third kappa shape index (κ3) is 4.57. The van der Waals surface area contributed by atoms with Crippen LogP contribution in [0.2, 0.25) is 0 Å². The number of benzene rings is 2. The summed E-state index contributed by atoms with van der Waals surface area (Å²) >= 11 is 0. The van der Waals surface area contributed by atoms with Crippen molar-refractivity contribution >= 4 is 11.3 Å². The minimum absolute atomic E-state index is 0.0179. The van der Waals surface area contributed by atoms with Crippen LogP contribution < -0.4 is 19.9 Å². The molecule has 1 aliphatic rings. The molecule has 0 saturated carbocycles. The van der Waals surface area contributed by atoms with E-state index >= 15 is 0 Å². The molecule has 0 aliphatic carbocycles. The Morgan fingerprint density at radius 2 is 1.78 bits per heavy atom. The molecule has 0 bridgehead atoms. The van der Waals surface area contributed by atoms with Gasteiger partial charge in [-0.1, -0.05) is 36.4 Å². The predicted octanol–water partition coefficient (Wildman–Crippen LogP) is 5.37. The van der Waals surface area contributed by atoms with Crippen molar-refractivity contribution in [3.05, 3.63) is 75.7 Å². The maximum Gasteiger partial charge on any atom is 0.278 e. The second-order valence-electron chi connectivity index (χ2n) is 9.73. The van der Waals surface area contributed by atoms with Gasteiger partial charge in [0.1, 0.15) is 11.4 Å². The molecule has 0 unspecified atom stereocenters. The van der Waals surface area contributed by atoms with Gasteiger partial charge >= 0.3 is 0 Å². The molecule has 3 heterocycles. The lowest BCUT2D eigenvalue weighted by Gasteiger charge is -2.28. The number of anilines is 1. The van der Waals surface area contributed by atoms with E-state index in [0.717, 1.165) is 59.8 Å². The third-order valence-corrected chi connectivity index (χ3v) is 6.76. The molecular formula is C29H34N4O3. The summed E-state index contributed by atoms with van der Waals surface area (Å²) in [6.07, 6.45) is 4.01. The largest absolute Gasteiger partial charge is 0.493 e. The van der Waals surface area contributed by atoms with E-state index in [0.29, 0.717) is 23.5 Å². The topological polar surface area (TPSA) is 71.9 Å². The Labute approximate surface area is 211 Å². The molecule has 36 heavy (non-hydrogen) atoms. The fourth-order valence-electron chi connectivity index (χ4n) is 5.01. The zero-order chi connectivity index (χ0) is 25.2. The minimum atomic E-state index is -0.0937. The molecular weight excluding hydrogens is 452 g/mol. The van der Waals surface area contributed by atoms with Crippen LogP contribution in [-0.2, 0) is 6.42 Å². The highest BCUT2D eigenvalue weighted by molar-refractivity contribution is 5.86. The lowest BCUT2D eigenvalue weighted by atomic mass is 10.0. The lowest BCUT2D eigenvalue weighted by Crippen LogP contribution is -2.30. The van der Waals surface area contributed by atoms with Gasteiger partial charge in [-0.15, -0.1) is 0 Å². The van der Waals surface area contributed by atoms with Crippen molar-refractivity contribution < 1.29 is 9.47 Å². The molecule has 1 saturated heterocycles. The van der Waals surface area contributed by atoms with Crippen LogP contribution in [0, 0.1) is 6.92 Å². The number of nitrogens with one attached hydrogen (secondary N) is 1. The van der Waals surface area contributed by atoms with Gasteiger partial charge in [0.15, 0.2) is 17.1 Å². The zero-order valence-corrected chi connectivity index (χ0v) is 21.5. The molecule has 0 amide bonds. The van der Waals surface area contributed by atoms with Crippen LogP contribution in [0.5, 0.6) is 11.5 Å². The Morgan fingerprint density at radius 1 is 1.03 bits per heavy atom. The molecule has 2 aromatic heterocycles. The zero-order valence-electron chi connectivity index (χ0n) is 21.5. The summed E-state index contributed by atoms with van der Waals surface area (Å²) in [4.78, 5) is 19.8. The van der Waals surface area contributed by atoms with Gasteiger partial charge in [0.25, 0.3) is 5.56 Å². The SMILES string of the molecule is COc1ccc(Cc2c(C)[nH]c3c(N4CCCCC4)c(-c4ccccc4)nn3c2=O)cc1OC(C)C. The van der Waals surface area contributed by atoms with Gasteiger partial charge in [-0.2, -0.15) is 9.61 Å². The van der Waals surface area contributed by atoms with Gasteiger partial charge in [-0.25, -0.2) is 0 Å². The van der Waals surface area contributed by atoms with Crippen molar-refractivity contribution in [1.29, 1.82) is 0 Å². The fraction of sp³-hybridized carbons (Fsp3) is 0.379. The van der Waals surface area contributed by atoms with E-state index in [4.69, 9.17) is 14.6 Å². The molecule has 188 valence electrons. The number of hydrogen-bond acceptors (Lipinski definition) is 5. The number of aromatic amines is 1. The number of nitrogens with zero attached hydrogens (tertiary/aromatic N) is 3. The van der Waals surface area contributed by atoms with E-state index in [2.05, 4.69) is 22.0 Å².